The van der Waals surface area contributed by atoms with Gasteiger partial charge in [0.1, 0.15) is 5.82 Å². The third-order valence-corrected chi connectivity index (χ3v) is 5.31. The van der Waals surface area contributed by atoms with E-state index in [-0.39, 0.29) is 24.8 Å². The zero-order chi connectivity index (χ0) is 19.1. The number of hydrogen-bond donors (Lipinski definition) is 2. The first-order valence-corrected chi connectivity index (χ1v) is 9.77. The maximum absolute atomic E-state index is 12.8. The number of nitrogens with zero attached hydrogens (tertiary/aromatic N) is 2. The molecule has 6 nitrogen and oxygen atoms in total. The van der Waals surface area contributed by atoms with Gasteiger partial charge in [-0.05, 0) is 29.1 Å². The molecule has 27 heavy (non-hydrogen) atoms. The van der Waals surface area contributed by atoms with Crippen LogP contribution in [0.2, 0.25) is 0 Å². The number of piperazine rings is 1. The Balaban J connectivity index is 1.33. The SMILES string of the molecule is O=C(NCC(=O)N1CCN(Cc2cccs2)CC1)NCc1ccc(F)cc1. The number of halogens is 1. The molecule has 2 aromatic rings. The molecule has 0 unspecified atom stereocenters. The topological polar surface area (TPSA) is 64.7 Å². The summed E-state index contributed by atoms with van der Waals surface area (Å²) in [5.74, 6) is -0.396. The lowest BCUT2D eigenvalue weighted by Crippen LogP contribution is -2.51. The minimum atomic E-state index is -0.413. The van der Waals surface area contributed by atoms with Gasteiger partial charge < -0.3 is 15.5 Å². The van der Waals surface area contributed by atoms with Crippen LogP contribution < -0.4 is 10.6 Å². The molecule has 0 saturated carbocycles. The van der Waals surface area contributed by atoms with Gasteiger partial charge in [0.2, 0.25) is 5.91 Å². The van der Waals surface area contributed by atoms with Gasteiger partial charge in [-0.25, -0.2) is 9.18 Å². The number of hydrogen-bond acceptors (Lipinski definition) is 4. The summed E-state index contributed by atoms with van der Waals surface area (Å²) in [6, 6.07) is 9.66. The van der Waals surface area contributed by atoms with E-state index in [2.05, 4.69) is 27.0 Å². The van der Waals surface area contributed by atoms with E-state index in [0.717, 1.165) is 25.2 Å². The summed E-state index contributed by atoms with van der Waals surface area (Å²) in [5.41, 5.74) is 0.791. The van der Waals surface area contributed by atoms with E-state index in [4.69, 9.17) is 0 Å². The van der Waals surface area contributed by atoms with Gasteiger partial charge in [0, 0.05) is 44.1 Å². The third-order valence-electron chi connectivity index (χ3n) is 4.45. The molecule has 1 aliphatic rings. The van der Waals surface area contributed by atoms with E-state index in [1.54, 1.807) is 28.4 Å². The molecule has 0 atom stereocenters. The van der Waals surface area contributed by atoms with E-state index in [0.29, 0.717) is 13.1 Å². The van der Waals surface area contributed by atoms with E-state index in [1.807, 2.05) is 6.07 Å². The summed E-state index contributed by atoms with van der Waals surface area (Å²) >= 11 is 1.74. The summed E-state index contributed by atoms with van der Waals surface area (Å²) in [5, 5.41) is 7.31. The molecule has 3 amide bonds. The molecule has 1 aliphatic heterocycles. The standard InChI is InChI=1S/C19H23FN4O2S/c20-16-5-3-15(4-6-16)12-21-19(26)22-13-18(25)24-9-7-23(8-10-24)14-17-2-1-11-27-17/h1-6,11H,7-10,12-14H2,(H2,21,22,26). The number of rotatable bonds is 6. The van der Waals surface area contributed by atoms with Crippen LogP contribution in [-0.2, 0) is 17.9 Å². The second kappa shape index (κ2) is 9.48. The predicted molar refractivity (Wildman–Crippen MR) is 103 cm³/mol. The van der Waals surface area contributed by atoms with Crippen LogP contribution in [0.4, 0.5) is 9.18 Å². The fourth-order valence-corrected chi connectivity index (χ4v) is 3.64. The highest BCUT2D eigenvalue weighted by Crippen LogP contribution is 2.13. The van der Waals surface area contributed by atoms with Gasteiger partial charge in [0.15, 0.2) is 0 Å². The maximum Gasteiger partial charge on any atom is 0.315 e. The number of carbonyl (C=O) groups is 2. The van der Waals surface area contributed by atoms with Gasteiger partial charge in [-0.15, -0.1) is 11.3 Å². The smallest absolute Gasteiger partial charge is 0.315 e. The Morgan fingerprint density at radius 1 is 1.04 bits per heavy atom. The Morgan fingerprint density at radius 2 is 1.78 bits per heavy atom. The fourth-order valence-electron chi connectivity index (χ4n) is 2.89. The minimum absolute atomic E-state index is 0.0276. The molecule has 0 radical (unpaired) electrons. The highest BCUT2D eigenvalue weighted by molar-refractivity contribution is 7.09. The van der Waals surface area contributed by atoms with Crippen molar-refractivity contribution >= 4 is 23.3 Å². The van der Waals surface area contributed by atoms with Crippen molar-refractivity contribution < 1.29 is 14.0 Å². The molecule has 1 saturated heterocycles. The van der Waals surface area contributed by atoms with Gasteiger partial charge >= 0.3 is 6.03 Å². The Hall–Kier alpha value is -2.45. The quantitative estimate of drug-likeness (QED) is 0.793. The zero-order valence-corrected chi connectivity index (χ0v) is 15.8. The molecular formula is C19H23FN4O2S. The highest BCUT2D eigenvalue weighted by atomic mass is 32.1. The summed E-state index contributed by atoms with van der Waals surface area (Å²) in [7, 11) is 0. The molecule has 8 heteroatoms. The van der Waals surface area contributed by atoms with Gasteiger partial charge in [-0.2, -0.15) is 0 Å². The number of nitrogens with one attached hydrogen (secondary N) is 2. The van der Waals surface area contributed by atoms with E-state index >= 15 is 0 Å². The van der Waals surface area contributed by atoms with E-state index < -0.39 is 6.03 Å². The molecule has 3 rings (SSSR count). The molecular weight excluding hydrogens is 367 g/mol. The molecule has 0 spiro atoms. The van der Waals surface area contributed by atoms with Gasteiger partial charge in [0.25, 0.3) is 0 Å². The Labute approximate surface area is 162 Å². The van der Waals surface area contributed by atoms with E-state index in [9.17, 15) is 14.0 Å². The Morgan fingerprint density at radius 3 is 2.44 bits per heavy atom. The minimum Gasteiger partial charge on any atom is -0.339 e. The number of amides is 3. The van der Waals surface area contributed by atoms with Crippen molar-refractivity contribution in [1.29, 1.82) is 0 Å². The summed E-state index contributed by atoms with van der Waals surface area (Å²) < 4.78 is 12.8. The molecule has 0 aliphatic carbocycles. The van der Waals surface area contributed by atoms with Gasteiger partial charge in [-0.3, -0.25) is 9.69 Å². The van der Waals surface area contributed by atoms with Crippen LogP contribution in [0.5, 0.6) is 0 Å². The van der Waals surface area contributed by atoms with Crippen molar-refractivity contribution in [3.05, 3.63) is 58.0 Å². The predicted octanol–water partition coefficient (Wildman–Crippen LogP) is 2.03. The van der Waals surface area contributed by atoms with Crippen LogP contribution in [-0.4, -0.2) is 54.5 Å². The number of carbonyl (C=O) groups excluding carboxylic acids is 2. The van der Waals surface area contributed by atoms with Gasteiger partial charge in [0.05, 0.1) is 6.54 Å². The molecule has 1 aromatic heterocycles. The van der Waals surface area contributed by atoms with Crippen molar-refractivity contribution in [2.24, 2.45) is 0 Å². The molecule has 144 valence electrons. The number of benzene rings is 1. The lowest BCUT2D eigenvalue weighted by atomic mass is 10.2. The normalized spacial score (nSPS) is 14.8. The monoisotopic (exact) mass is 390 g/mol. The number of urea groups is 1. The summed E-state index contributed by atoms with van der Waals surface area (Å²) in [6.45, 7) is 4.18. The van der Waals surface area contributed by atoms with Crippen molar-refractivity contribution in [3.63, 3.8) is 0 Å². The largest absolute Gasteiger partial charge is 0.339 e. The average molecular weight is 390 g/mol. The first-order valence-electron chi connectivity index (χ1n) is 8.89. The van der Waals surface area contributed by atoms with E-state index in [1.165, 1.54) is 17.0 Å². The number of thiophene rings is 1. The van der Waals surface area contributed by atoms with Crippen molar-refractivity contribution in [3.8, 4) is 0 Å². The molecule has 0 bridgehead atoms. The lowest BCUT2D eigenvalue weighted by Gasteiger charge is -2.34. The van der Waals surface area contributed by atoms with Crippen molar-refractivity contribution in [2.75, 3.05) is 32.7 Å². The lowest BCUT2D eigenvalue weighted by molar-refractivity contribution is -0.131. The molecule has 2 heterocycles. The highest BCUT2D eigenvalue weighted by Gasteiger charge is 2.21. The van der Waals surface area contributed by atoms with Crippen LogP contribution in [0, 0.1) is 5.82 Å². The van der Waals surface area contributed by atoms with Crippen LogP contribution in [0.25, 0.3) is 0 Å². The fraction of sp³-hybridized carbons (Fsp3) is 0.368. The molecule has 1 aromatic carbocycles. The first kappa shape index (κ1) is 19.3. The Bertz CT molecular complexity index is 744. The molecule has 1 fully saturated rings. The van der Waals surface area contributed by atoms with Crippen molar-refractivity contribution in [1.82, 2.24) is 20.4 Å². The maximum atomic E-state index is 12.8. The molecule has 2 N–H and O–H groups in total. The van der Waals surface area contributed by atoms with Crippen LogP contribution in [0.1, 0.15) is 10.4 Å². The van der Waals surface area contributed by atoms with Crippen LogP contribution in [0.3, 0.4) is 0 Å². The third kappa shape index (κ3) is 6.04. The average Bonchev–Trinajstić information content (AvgIpc) is 3.19. The van der Waals surface area contributed by atoms with Crippen LogP contribution >= 0.6 is 11.3 Å². The summed E-state index contributed by atoms with van der Waals surface area (Å²) in [4.78, 5) is 29.5. The summed E-state index contributed by atoms with van der Waals surface area (Å²) in [6.07, 6.45) is 0. The van der Waals surface area contributed by atoms with Crippen molar-refractivity contribution in [2.45, 2.75) is 13.1 Å². The zero-order valence-electron chi connectivity index (χ0n) is 15.0. The first-order chi connectivity index (χ1) is 13.1. The second-order valence-corrected chi connectivity index (χ2v) is 7.43. The Kier molecular flexibility index (Phi) is 6.78. The van der Waals surface area contributed by atoms with Crippen LogP contribution in [0.15, 0.2) is 41.8 Å². The second-order valence-electron chi connectivity index (χ2n) is 6.40. The van der Waals surface area contributed by atoms with Gasteiger partial charge in [-0.1, -0.05) is 18.2 Å².